The minimum Gasteiger partial charge on any atom is -0.399 e. The lowest BCUT2D eigenvalue weighted by molar-refractivity contribution is 0.0395. The van der Waals surface area contributed by atoms with Crippen molar-refractivity contribution in [3.05, 3.63) is 59.7 Å². The van der Waals surface area contributed by atoms with Gasteiger partial charge in [0.15, 0.2) is 0 Å². The Morgan fingerprint density at radius 2 is 1.62 bits per heavy atom. The Labute approximate surface area is 143 Å². The second-order valence-electron chi connectivity index (χ2n) is 6.93. The summed E-state index contributed by atoms with van der Waals surface area (Å²) in [6.07, 6.45) is 1.33. The number of aliphatic hydroxyl groups excluding tert-OH is 1. The molecule has 0 amide bonds. The largest absolute Gasteiger partial charge is 0.399 e. The van der Waals surface area contributed by atoms with E-state index in [0.29, 0.717) is 6.42 Å². The third-order valence-corrected chi connectivity index (χ3v) is 5.44. The van der Waals surface area contributed by atoms with E-state index < -0.39 is 0 Å². The number of hydrogen-bond acceptors (Lipinski definition) is 4. The number of nitrogens with zero attached hydrogens (tertiary/aromatic N) is 2. The van der Waals surface area contributed by atoms with Crippen LogP contribution in [-0.2, 0) is 12.8 Å². The number of rotatable bonds is 2. The summed E-state index contributed by atoms with van der Waals surface area (Å²) in [4.78, 5) is 4.89. The molecule has 2 aromatic rings. The Morgan fingerprint density at radius 1 is 0.875 bits per heavy atom. The summed E-state index contributed by atoms with van der Waals surface area (Å²) >= 11 is 0. The fraction of sp³-hybridized carbons (Fsp3) is 0.400. The minimum absolute atomic E-state index is 0.221. The first-order valence-electron chi connectivity index (χ1n) is 8.80. The van der Waals surface area contributed by atoms with Crippen LogP contribution in [0.2, 0.25) is 0 Å². The average Bonchev–Trinajstić information content (AvgIpc) is 2.62. The summed E-state index contributed by atoms with van der Waals surface area (Å²) in [5.74, 6) is 0. The molecule has 3 N–H and O–H groups in total. The summed E-state index contributed by atoms with van der Waals surface area (Å²) in [7, 11) is 0. The maximum atomic E-state index is 10.6. The van der Waals surface area contributed by atoms with E-state index in [-0.39, 0.29) is 12.1 Å². The average molecular weight is 323 g/mol. The molecule has 2 aromatic carbocycles. The van der Waals surface area contributed by atoms with Crippen LogP contribution in [0, 0.1) is 0 Å². The van der Waals surface area contributed by atoms with E-state index in [9.17, 15) is 5.11 Å². The van der Waals surface area contributed by atoms with E-state index >= 15 is 0 Å². The topological polar surface area (TPSA) is 52.7 Å². The molecule has 0 aromatic heterocycles. The molecule has 4 heteroatoms. The molecular weight excluding hydrogens is 298 g/mol. The van der Waals surface area contributed by atoms with Crippen LogP contribution in [0.4, 0.5) is 11.4 Å². The zero-order valence-electron chi connectivity index (χ0n) is 13.9. The van der Waals surface area contributed by atoms with Gasteiger partial charge in [-0.25, -0.2) is 0 Å². The van der Waals surface area contributed by atoms with Crippen LogP contribution in [0.3, 0.4) is 0 Å². The lowest BCUT2D eigenvalue weighted by atomic mass is 9.85. The van der Waals surface area contributed by atoms with Gasteiger partial charge in [-0.15, -0.1) is 0 Å². The van der Waals surface area contributed by atoms with Gasteiger partial charge in [-0.1, -0.05) is 24.3 Å². The summed E-state index contributed by atoms with van der Waals surface area (Å²) in [5, 5.41) is 10.6. The van der Waals surface area contributed by atoms with Gasteiger partial charge in [-0.2, -0.15) is 0 Å². The number of anilines is 2. The van der Waals surface area contributed by atoms with Crippen molar-refractivity contribution in [1.82, 2.24) is 4.90 Å². The van der Waals surface area contributed by atoms with E-state index in [0.717, 1.165) is 38.3 Å². The number of nitrogen functional groups attached to an aromatic ring is 1. The molecule has 0 saturated carbocycles. The molecule has 2 atom stereocenters. The quantitative estimate of drug-likeness (QED) is 0.829. The van der Waals surface area contributed by atoms with Crippen molar-refractivity contribution in [3.63, 3.8) is 0 Å². The standard InChI is InChI=1S/C20H25N3O/c21-17-7-6-15-13-19(20(24)14-16(15)12-17)23-10-8-22(9-11-23)18-4-2-1-3-5-18/h1-7,12,19-20,24H,8-11,13-14,21H2/t19-,20-/m1/s1. The molecule has 1 aliphatic carbocycles. The molecule has 2 aliphatic rings. The molecule has 0 unspecified atom stereocenters. The van der Waals surface area contributed by atoms with Gasteiger partial charge in [0, 0.05) is 50.0 Å². The van der Waals surface area contributed by atoms with E-state index in [2.05, 4.69) is 46.2 Å². The Hall–Kier alpha value is -2.04. The number of para-hydroxylation sites is 1. The molecule has 126 valence electrons. The molecule has 0 spiro atoms. The normalized spacial score (nSPS) is 24.6. The summed E-state index contributed by atoms with van der Waals surface area (Å²) in [5.41, 5.74) is 10.5. The van der Waals surface area contributed by atoms with Crippen molar-refractivity contribution in [2.24, 2.45) is 0 Å². The van der Waals surface area contributed by atoms with Crippen LogP contribution in [0.15, 0.2) is 48.5 Å². The maximum Gasteiger partial charge on any atom is 0.0739 e. The van der Waals surface area contributed by atoms with Gasteiger partial charge in [0.05, 0.1) is 6.10 Å². The van der Waals surface area contributed by atoms with Crippen LogP contribution in [0.5, 0.6) is 0 Å². The highest BCUT2D eigenvalue weighted by Gasteiger charge is 2.33. The van der Waals surface area contributed by atoms with E-state index in [1.54, 1.807) is 0 Å². The number of nitrogens with two attached hydrogens (primary N) is 1. The van der Waals surface area contributed by atoms with Crippen molar-refractivity contribution in [2.45, 2.75) is 25.0 Å². The fourth-order valence-electron chi connectivity index (χ4n) is 4.08. The smallest absolute Gasteiger partial charge is 0.0739 e. The Bertz CT molecular complexity index is 695. The molecule has 1 heterocycles. The van der Waals surface area contributed by atoms with Gasteiger partial charge >= 0.3 is 0 Å². The molecule has 24 heavy (non-hydrogen) atoms. The number of piperazine rings is 1. The Morgan fingerprint density at radius 3 is 2.38 bits per heavy atom. The van der Waals surface area contributed by atoms with Crippen molar-refractivity contribution in [3.8, 4) is 0 Å². The summed E-state index contributed by atoms with van der Waals surface area (Å²) in [6.45, 7) is 4.03. The second-order valence-corrected chi connectivity index (χ2v) is 6.93. The summed E-state index contributed by atoms with van der Waals surface area (Å²) < 4.78 is 0. The highest BCUT2D eigenvalue weighted by molar-refractivity contribution is 5.47. The Balaban J connectivity index is 1.43. The molecule has 0 bridgehead atoms. The number of hydrogen-bond donors (Lipinski definition) is 2. The predicted octanol–water partition coefficient (Wildman–Crippen LogP) is 1.92. The van der Waals surface area contributed by atoms with Crippen LogP contribution in [0.25, 0.3) is 0 Å². The van der Waals surface area contributed by atoms with Crippen molar-refractivity contribution in [1.29, 1.82) is 0 Å². The molecule has 1 saturated heterocycles. The summed E-state index contributed by atoms with van der Waals surface area (Å²) in [6, 6.07) is 16.9. The molecule has 4 rings (SSSR count). The van der Waals surface area contributed by atoms with Gasteiger partial charge in [-0.05, 0) is 41.8 Å². The third kappa shape index (κ3) is 2.99. The molecule has 1 fully saturated rings. The molecule has 0 radical (unpaired) electrons. The predicted molar refractivity (Wildman–Crippen MR) is 98.3 cm³/mol. The van der Waals surface area contributed by atoms with Crippen molar-refractivity contribution >= 4 is 11.4 Å². The van der Waals surface area contributed by atoms with Gasteiger partial charge in [0.2, 0.25) is 0 Å². The van der Waals surface area contributed by atoms with E-state index in [1.807, 2.05) is 12.1 Å². The van der Waals surface area contributed by atoms with Gasteiger partial charge < -0.3 is 15.7 Å². The number of fused-ring (bicyclic) bond motifs is 1. The fourth-order valence-corrected chi connectivity index (χ4v) is 4.08. The van der Waals surface area contributed by atoms with Gasteiger partial charge in [-0.3, -0.25) is 4.90 Å². The van der Waals surface area contributed by atoms with Crippen LogP contribution >= 0.6 is 0 Å². The third-order valence-electron chi connectivity index (χ3n) is 5.44. The first-order chi connectivity index (χ1) is 11.7. The van der Waals surface area contributed by atoms with Gasteiger partial charge in [0.25, 0.3) is 0 Å². The molecule has 4 nitrogen and oxygen atoms in total. The Kier molecular flexibility index (Phi) is 4.17. The van der Waals surface area contributed by atoms with Gasteiger partial charge in [0.1, 0.15) is 0 Å². The lowest BCUT2D eigenvalue weighted by Gasteiger charge is -2.43. The van der Waals surface area contributed by atoms with Crippen LogP contribution in [0.1, 0.15) is 11.1 Å². The molecular formula is C20H25N3O. The zero-order valence-corrected chi connectivity index (χ0v) is 13.9. The monoisotopic (exact) mass is 323 g/mol. The minimum atomic E-state index is -0.303. The maximum absolute atomic E-state index is 10.6. The van der Waals surface area contributed by atoms with Crippen LogP contribution in [-0.4, -0.2) is 48.3 Å². The highest BCUT2D eigenvalue weighted by atomic mass is 16.3. The van der Waals surface area contributed by atoms with Crippen molar-refractivity contribution < 1.29 is 5.11 Å². The second kappa shape index (κ2) is 6.46. The van der Waals surface area contributed by atoms with Crippen molar-refractivity contribution in [2.75, 3.05) is 36.8 Å². The van der Waals surface area contributed by atoms with E-state index in [4.69, 9.17) is 5.73 Å². The SMILES string of the molecule is Nc1ccc2c(c1)C[C@@H](O)[C@H](N1CCN(c3ccccc3)CC1)C2. The molecule has 1 aliphatic heterocycles. The zero-order chi connectivity index (χ0) is 16.5. The highest BCUT2D eigenvalue weighted by Crippen LogP contribution is 2.28. The van der Waals surface area contributed by atoms with Crippen LogP contribution < -0.4 is 10.6 Å². The first-order valence-corrected chi connectivity index (χ1v) is 8.80. The van der Waals surface area contributed by atoms with E-state index in [1.165, 1.54) is 16.8 Å². The number of aliphatic hydroxyl groups is 1. The lowest BCUT2D eigenvalue weighted by Crippen LogP contribution is -2.56. The first kappa shape index (κ1) is 15.5. The number of benzene rings is 2.